The van der Waals surface area contributed by atoms with Gasteiger partial charge in [-0.1, -0.05) is 6.07 Å². The summed E-state index contributed by atoms with van der Waals surface area (Å²) < 4.78 is 4.89. The molecule has 0 saturated heterocycles. The summed E-state index contributed by atoms with van der Waals surface area (Å²) in [6.07, 6.45) is 3.31. The maximum atomic E-state index is 11.8. The first-order valence-electron chi connectivity index (χ1n) is 7.11. The minimum Gasteiger partial charge on any atom is -0.383 e. The number of nitrogens with zero attached hydrogens (tertiary/aromatic N) is 2. The van der Waals surface area contributed by atoms with E-state index in [0.717, 1.165) is 5.69 Å². The normalized spacial score (nSPS) is 11.7. The van der Waals surface area contributed by atoms with Gasteiger partial charge in [0.2, 0.25) is 0 Å². The van der Waals surface area contributed by atoms with Gasteiger partial charge in [-0.15, -0.1) is 0 Å². The van der Waals surface area contributed by atoms with Crippen molar-refractivity contribution < 1.29 is 9.53 Å². The molecule has 0 bridgehead atoms. The maximum Gasteiger partial charge on any atom is 0.252 e. The fourth-order valence-corrected chi connectivity index (χ4v) is 1.91. The predicted molar refractivity (Wildman–Crippen MR) is 84.7 cm³/mol. The largest absolute Gasteiger partial charge is 0.383 e. The molecule has 0 radical (unpaired) electrons. The van der Waals surface area contributed by atoms with Gasteiger partial charge < -0.3 is 15.4 Å². The van der Waals surface area contributed by atoms with Crippen molar-refractivity contribution in [3.05, 3.63) is 54.0 Å². The summed E-state index contributed by atoms with van der Waals surface area (Å²) in [5.74, 6) is 0.542. The SMILES string of the molecule is COCCNC(=O)c1ccc(N[C@@H](C)c2ccccn2)nc1. The zero-order valence-corrected chi connectivity index (χ0v) is 12.7. The summed E-state index contributed by atoms with van der Waals surface area (Å²) in [6, 6.07) is 9.34. The first-order valence-corrected chi connectivity index (χ1v) is 7.11. The van der Waals surface area contributed by atoms with Crippen LogP contribution >= 0.6 is 0 Å². The van der Waals surface area contributed by atoms with Gasteiger partial charge >= 0.3 is 0 Å². The molecule has 0 aliphatic rings. The smallest absolute Gasteiger partial charge is 0.252 e. The molecule has 1 atom stereocenters. The molecule has 6 heteroatoms. The third-order valence-electron chi connectivity index (χ3n) is 3.11. The minimum atomic E-state index is -0.158. The molecular formula is C16H20N4O2. The minimum absolute atomic E-state index is 0.0371. The summed E-state index contributed by atoms with van der Waals surface area (Å²) in [5.41, 5.74) is 1.46. The molecule has 6 nitrogen and oxygen atoms in total. The van der Waals surface area contributed by atoms with Crippen LogP contribution in [0.25, 0.3) is 0 Å². The fraction of sp³-hybridized carbons (Fsp3) is 0.312. The monoisotopic (exact) mass is 300 g/mol. The lowest BCUT2D eigenvalue weighted by Crippen LogP contribution is -2.27. The van der Waals surface area contributed by atoms with Crippen molar-refractivity contribution >= 4 is 11.7 Å². The Kier molecular flexibility index (Phi) is 5.85. The number of rotatable bonds is 7. The van der Waals surface area contributed by atoms with E-state index < -0.39 is 0 Å². The van der Waals surface area contributed by atoms with Crippen LogP contribution < -0.4 is 10.6 Å². The average Bonchev–Trinajstić information content (AvgIpc) is 2.56. The number of amides is 1. The number of aromatic nitrogens is 2. The summed E-state index contributed by atoms with van der Waals surface area (Å²) in [5, 5.41) is 6.00. The van der Waals surface area contributed by atoms with Gasteiger partial charge in [-0.25, -0.2) is 4.98 Å². The lowest BCUT2D eigenvalue weighted by molar-refractivity contribution is 0.0937. The molecule has 0 fully saturated rings. The van der Waals surface area contributed by atoms with Crippen LogP contribution in [0, 0.1) is 0 Å². The Balaban J connectivity index is 1.93. The van der Waals surface area contributed by atoms with Gasteiger partial charge in [0, 0.05) is 26.0 Å². The van der Waals surface area contributed by atoms with E-state index in [1.165, 1.54) is 0 Å². The lowest BCUT2D eigenvalue weighted by Gasteiger charge is -2.14. The molecule has 0 unspecified atom stereocenters. The summed E-state index contributed by atoms with van der Waals surface area (Å²) in [6.45, 7) is 2.97. The fourth-order valence-electron chi connectivity index (χ4n) is 1.91. The third-order valence-corrected chi connectivity index (χ3v) is 3.11. The molecule has 2 rings (SSSR count). The Morgan fingerprint density at radius 2 is 2.14 bits per heavy atom. The zero-order valence-electron chi connectivity index (χ0n) is 12.7. The second kappa shape index (κ2) is 8.09. The van der Waals surface area contributed by atoms with Crippen LogP contribution in [0.5, 0.6) is 0 Å². The Morgan fingerprint density at radius 3 is 2.77 bits per heavy atom. The molecule has 0 aliphatic heterocycles. The van der Waals surface area contributed by atoms with Crippen molar-refractivity contribution in [1.29, 1.82) is 0 Å². The molecule has 2 aromatic rings. The van der Waals surface area contributed by atoms with Crippen molar-refractivity contribution in [3.63, 3.8) is 0 Å². The van der Waals surface area contributed by atoms with Crippen molar-refractivity contribution in [1.82, 2.24) is 15.3 Å². The van der Waals surface area contributed by atoms with Crippen LogP contribution in [0.4, 0.5) is 5.82 Å². The highest BCUT2D eigenvalue weighted by atomic mass is 16.5. The first-order chi connectivity index (χ1) is 10.7. The van der Waals surface area contributed by atoms with Crippen LogP contribution in [-0.2, 0) is 4.74 Å². The predicted octanol–water partition coefficient (Wildman–Crippen LogP) is 2.03. The summed E-state index contributed by atoms with van der Waals surface area (Å²) in [7, 11) is 1.59. The Bertz CT molecular complexity index is 587. The van der Waals surface area contributed by atoms with Crippen LogP contribution in [0.1, 0.15) is 29.0 Å². The molecular weight excluding hydrogens is 280 g/mol. The van der Waals surface area contributed by atoms with Crippen LogP contribution in [0.15, 0.2) is 42.7 Å². The topological polar surface area (TPSA) is 76.1 Å². The van der Waals surface area contributed by atoms with Crippen molar-refractivity contribution in [2.24, 2.45) is 0 Å². The number of ether oxygens (including phenoxy) is 1. The number of carbonyl (C=O) groups excluding carboxylic acids is 1. The number of pyridine rings is 2. The van der Waals surface area contributed by atoms with Gasteiger partial charge in [0.1, 0.15) is 5.82 Å². The molecule has 0 aliphatic carbocycles. The first kappa shape index (κ1) is 15.9. The molecule has 0 aromatic carbocycles. The highest BCUT2D eigenvalue weighted by Gasteiger charge is 2.08. The highest BCUT2D eigenvalue weighted by Crippen LogP contribution is 2.15. The van der Waals surface area contributed by atoms with Gasteiger partial charge in [-0.05, 0) is 31.2 Å². The van der Waals surface area contributed by atoms with E-state index in [1.807, 2.05) is 25.1 Å². The lowest BCUT2D eigenvalue weighted by atomic mass is 10.2. The molecule has 1 amide bonds. The Labute approximate surface area is 129 Å². The van der Waals surface area contributed by atoms with Gasteiger partial charge in [0.05, 0.1) is 23.9 Å². The summed E-state index contributed by atoms with van der Waals surface area (Å²) in [4.78, 5) is 20.4. The van der Waals surface area contributed by atoms with Gasteiger partial charge in [-0.2, -0.15) is 0 Å². The number of anilines is 1. The quantitative estimate of drug-likeness (QED) is 0.765. The molecule has 116 valence electrons. The van der Waals surface area contributed by atoms with E-state index in [1.54, 1.807) is 31.6 Å². The number of hydrogen-bond donors (Lipinski definition) is 2. The van der Waals surface area contributed by atoms with Crippen LogP contribution in [0.2, 0.25) is 0 Å². The molecule has 2 aromatic heterocycles. The summed E-state index contributed by atoms with van der Waals surface area (Å²) >= 11 is 0. The molecule has 0 saturated carbocycles. The van der Waals surface area contributed by atoms with E-state index in [-0.39, 0.29) is 11.9 Å². The number of carbonyl (C=O) groups is 1. The number of nitrogens with one attached hydrogen (secondary N) is 2. The highest BCUT2D eigenvalue weighted by molar-refractivity contribution is 5.94. The molecule has 2 heterocycles. The van der Waals surface area contributed by atoms with E-state index in [2.05, 4.69) is 20.6 Å². The van der Waals surface area contributed by atoms with E-state index >= 15 is 0 Å². The standard InChI is InChI=1S/C16H20N4O2/c1-12(14-5-3-4-8-17-14)20-15-7-6-13(11-19-15)16(21)18-9-10-22-2/h3-8,11-12H,9-10H2,1-2H3,(H,18,21)(H,19,20)/t12-/m0/s1. The maximum absolute atomic E-state index is 11.8. The van der Waals surface area contributed by atoms with Gasteiger partial charge in [-0.3, -0.25) is 9.78 Å². The number of hydrogen-bond acceptors (Lipinski definition) is 5. The molecule has 22 heavy (non-hydrogen) atoms. The van der Waals surface area contributed by atoms with Gasteiger partial charge in [0.15, 0.2) is 0 Å². The number of methoxy groups -OCH3 is 1. The van der Waals surface area contributed by atoms with Crippen LogP contribution in [0.3, 0.4) is 0 Å². The Morgan fingerprint density at radius 1 is 1.27 bits per heavy atom. The van der Waals surface area contributed by atoms with Crippen molar-refractivity contribution in [3.8, 4) is 0 Å². The van der Waals surface area contributed by atoms with E-state index in [9.17, 15) is 4.79 Å². The van der Waals surface area contributed by atoms with Crippen molar-refractivity contribution in [2.45, 2.75) is 13.0 Å². The second-order valence-corrected chi connectivity index (χ2v) is 4.80. The average molecular weight is 300 g/mol. The second-order valence-electron chi connectivity index (χ2n) is 4.80. The van der Waals surface area contributed by atoms with Gasteiger partial charge in [0.25, 0.3) is 5.91 Å². The van der Waals surface area contributed by atoms with E-state index in [0.29, 0.717) is 24.5 Å². The third kappa shape index (κ3) is 4.53. The molecule has 2 N–H and O–H groups in total. The molecule has 0 spiro atoms. The van der Waals surface area contributed by atoms with Crippen LogP contribution in [-0.4, -0.2) is 36.1 Å². The Hall–Kier alpha value is -2.47. The van der Waals surface area contributed by atoms with E-state index in [4.69, 9.17) is 4.74 Å². The van der Waals surface area contributed by atoms with Crippen molar-refractivity contribution in [2.75, 3.05) is 25.6 Å². The zero-order chi connectivity index (χ0) is 15.8.